The first-order valence-electron chi connectivity index (χ1n) is 11.2. The SMILES string of the molecule is CC(C)CN(C(=O)CSc1ncc(-c2ccccc2)n1-c1ccccc1)C1CCS(=O)(=O)C1. The van der Waals surface area contributed by atoms with Crippen molar-refractivity contribution in [3.8, 4) is 16.9 Å². The highest BCUT2D eigenvalue weighted by atomic mass is 32.2. The molecule has 6 nitrogen and oxygen atoms in total. The highest BCUT2D eigenvalue weighted by Gasteiger charge is 2.35. The molecule has 0 bridgehead atoms. The molecule has 1 amide bonds. The number of benzene rings is 2. The minimum atomic E-state index is -3.06. The second-order valence-electron chi connectivity index (χ2n) is 8.75. The largest absolute Gasteiger partial charge is 0.338 e. The second kappa shape index (κ2) is 10.1. The number of para-hydroxylation sites is 1. The van der Waals surface area contributed by atoms with Crippen LogP contribution in [0, 0.1) is 5.92 Å². The zero-order chi connectivity index (χ0) is 23.4. The summed E-state index contributed by atoms with van der Waals surface area (Å²) in [4.78, 5) is 19.7. The summed E-state index contributed by atoms with van der Waals surface area (Å²) in [5.74, 6) is 0.651. The zero-order valence-electron chi connectivity index (χ0n) is 18.9. The molecule has 0 N–H and O–H groups in total. The number of carbonyl (C=O) groups is 1. The molecule has 1 saturated heterocycles. The maximum Gasteiger partial charge on any atom is 0.233 e. The van der Waals surface area contributed by atoms with Gasteiger partial charge in [0, 0.05) is 23.8 Å². The van der Waals surface area contributed by atoms with Gasteiger partial charge in [-0.05, 0) is 24.5 Å². The average molecular weight is 484 g/mol. The normalized spacial score (nSPS) is 17.4. The summed E-state index contributed by atoms with van der Waals surface area (Å²) in [5, 5.41) is 0.733. The van der Waals surface area contributed by atoms with E-state index in [9.17, 15) is 13.2 Å². The molecule has 2 aromatic carbocycles. The van der Waals surface area contributed by atoms with Gasteiger partial charge in [0.15, 0.2) is 15.0 Å². The van der Waals surface area contributed by atoms with Crippen molar-refractivity contribution in [3.63, 3.8) is 0 Å². The smallest absolute Gasteiger partial charge is 0.233 e. The van der Waals surface area contributed by atoms with Crippen LogP contribution in [0.1, 0.15) is 20.3 Å². The Morgan fingerprint density at radius 3 is 2.39 bits per heavy atom. The number of rotatable bonds is 8. The summed E-state index contributed by atoms with van der Waals surface area (Å²) in [5.41, 5.74) is 2.98. The van der Waals surface area contributed by atoms with Crippen LogP contribution in [0.5, 0.6) is 0 Å². The lowest BCUT2D eigenvalue weighted by molar-refractivity contribution is -0.130. The van der Waals surface area contributed by atoms with Crippen LogP contribution in [-0.2, 0) is 14.6 Å². The van der Waals surface area contributed by atoms with Gasteiger partial charge in [-0.2, -0.15) is 0 Å². The first-order valence-corrected chi connectivity index (χ1v) is 14.0. The summed E-state index contributed by atoms with van der Waals surface area (Å²) >= 11 is 1.39. The van der Waals surface area contributed by atoms with Gasteiger partial charge in [0.1, 0.15) is 0 Å². The Hall–Kier alpha value is -2.58. The van der Waals surface area contributed by atoms with E-state index < -0.39 is 9.84 Å². The van der Waals surface area contributed by atoms with Crippen LogP contribution in [0.4, 0.5) is 0 Å². The lowest BCUT2D eigenvalue weighted by atomic mass is 10.1. The Morgan fingerprint density at radius 2 is 1.79 bits per heavy atom. The summed E-state index contributed by atoms with van der Waals surface area (Å²) in [6.07, 6.45) is 2.35. The number of hydrogen-bond acceptors (Lipinski definition) is 5. The number of amides is 1. The highest BCUT2D eigenvalue weighted by Crippen LogP contribution is 2.30. The number of carbonyl (C=O) groups excluding carboxylic acids is 1. The molecule has 1 atom stereocenters. The van der Waals surface area contributed by atoms with Gasteiger partial charge < -0.3 is 4.90 Å². The molecule has 0 aliphatic carbocycles. The molecular weight excluding hydrogens is 454 g/mol. The fourth-order valence-electron chi connectivity index (χ4n) is 4.15. The van der Waals surface area contributed by atoms with Crippen molar-refractivity contribution in [3.05, 3.63) is 66.9 Å². The summed E-state index contributed by atoms with van der Waals surface area (Å²) in [6, 6.07) is 19.8. The average Bonchev–Trinajstić information content (AvgIpc) is 3.39. The van der Waals surface area contributed by atoms with E-state index in [4.69, 9.17) is 0 Å². The maximum absolute atomic E-state index is 13.2. The molecule has 8 heteroatoms. The minimum Gasteiger partial charge on any atom is -0.338 e. The van der Waals surface area contributed by atoms with Crippen molar-refractivity contribution in [2.45, 2.75) is 31.5 Å². The zero-order valence-corrected chi connectivity index (χ0v) is 20.6. The van der Waals surface area contributed by atoms with Crippen LogP contribution < -0.4 is 0 Å². The van der Waals surface area contributed by atoms with Crippen LogP contribution >= 0.6 is 11.8 Å². The molecule has 2 heterocycles. The Labute approximate surface area is 199 Å². The van der Waals surface area contributed by atoms with E-state index >= 15 is 0 Å². The Bertz CT molecular complexity index is 1190. The molecule has 3 aromatic rings. The van der Waals surface area contributed by atoms with Crippen molar-refractivity contribution in [1.82, 2.24) is 14.5 Å². The number of thioether (sulfide) groups is 1. The molecule has 1 aliphatic heterocycles. The summed E-state index contributed by atoms with van der Waals surface area (Å²) in [6.45, 7) is 4.65. The van der Waals surface area contributed by atoms with E-state index in [1.165, 1.54) is 11.8 Å². The van der Waals surface area contributed by atoms with E-state index in [2.05, 4.69) is 9.55 Å². The van der Waals surface area contributed by atoms with Crippen molar-refractivity contribution >= 4 is 27.5 Å². The standard InChI is InChI=1S/C25H29N3O3S2/c1-19(2)16-27(22-13-14-33(30,31)18-22)24(29)17-32-25-26-15-23(20-9-5-3-6-10-20)28(25)21-11-7-4-8-12-21/h3-12,15,19,22H,13-14,16-18H2,1-2H3. The molecule has 0 spiro atoms. The van der Waals surface area contributed by atoms with Crippen LogP contribution in [0.3, 0.4) is 0 Å². The van der Waals surface area contributed by atoms with E-state index in [1.807, 2.05) is 80.7 Å². The quantitative estimate of drug-likeness (QED) is 0.447. The van der Waals surface area contributed by atoms with Gasteiger partial charge in [-0.15, -0.1) is 0 Å². The van der Waals surface area contributed by atoms with Crippen molar-refractivity contribution in [2.24, 2.45) is 5.92 Å². The molecule has 1 aromatic heterocycles. The fourth-order valence-corrected chi connectivity index (χ4v) is 6.76. The molecule has 1 aliphatic rings. The lowest BCUT2D eigenvalue weighted by Crippen LogP contribution is -2.44. The molecule has 174 valence electrons. The topological polar surface area (TPSA) is 72.3 Å². The lowest BCUT2D eigenvalue weighted by Gasteiger charge is -2.30. The van der Waals surface area contributed by atoms with Gasteiger partial charge in [0.2, 0.25) is 5.91 Å². The number of hydrogen-bond donors (Lipinski definition) is 0. The number of sulfone groups is 1. The van der Waals surface area contributed by atoms with Crippen molar-refractivity contribution in [1.29, 1.82) is 0 Å². The van der Waals surface area contributed by atoms with E-state index in [0.29, 0.717) is 13.0 Å². The third kappa shape index (κ3) is 5.68. The minimum absolute atomic E-state index is 0.0420. The maximum atomic E-state index is 13.2. The van der Waals surface area contributed by atoms with E-state index in [0.717, 1.165) is 22.1 Å². The fraction of sp³-hybridized carbons (Fsp3) is 0.360. The van der Waals surface area contributed by atoms with Crippen molar-refractivity contribution < 1.29 is 13.2 Å². The van der Waals surface area contributed by atoms with Crippen molar-refractivity contribution in [2.75, 3.05) is 23.8 Å². The first-order chi connectivity index (χ1) is 15.8. The second-order valence-corrected chi connectivity index (χ2v) is 11.9. The predicted molar refractivity (Wildman–Crippen MR) is 133 cm³/mol. The number of nitrogens with zero attached hydrogens (tertiary/aromatic N) is 3. The van der Waals surface area contributed by atoms with Gasteiger partial charge in [-0.3, -0.25) is 9.36 Å². The van der Waals surface area contributed by atoms with Crippen LogP contribution in [-0.4, -0.2) is 58.6 Å². The third-order valence-electron chi connectivity index (χ3n) is 5.67. The van der Waals surface area contributed by atoms with Gasteiger partial charge >= 0.3 is 0 Å². The third-order valence-corrected chi connectivity index (χ3v) is 8.36. The molecule has 0 radical (unpaired) electrons. The van der Waals surface area contributed by atoms with Crippen LogP contribution in [0.15, 0.2) is 72.0 Å². The van der Waals surface area contributed by atoms with Gasteiger partial charge in [0.25, 0.3) is 0 Å². The Kier molecular flexibility index (Phi) is 7.24. The predicted octanol–water partition coefficient (Wildman–Crippen LogP) is 4.30. The molecule has 1 unspecified atom stereocenters. The monoisotopic (exact) mass is 483 g/mol. The number of imidazole rings is 1. The molecular formula is C25H29N3O3S2. The van der Waals surface area contributed by atoms with Gasteiger partial charge in [-0.25, -0.2) is 13.4 Å². The summed E-state index contributed by atoms with van der Waals surface area (Å²) < 4.78 is 26.1. The molecule has 4 rings (SSSR count). The molecule has 33 heavy (non-hydrogen) atoms. The van der Waals surface area contributed by atoms with Gasteiger partial charge in [0.05, 0.1) is 29.1 Å². The van der Waals surface area contributed by atoms with Crippen LogP contribution in [0.25, 0.3) is 16.9 Å². The van der Waals surface area contributed by atoms with Gasteiger partial charge in [-0.1, -0.05) is 74.1 Å². The number of aromatic nitrogens is 2. The summed E-state index contributed by atoms with van der Waals surface area (Å²) in [7, 11) is -3.06. The van der Waals surface area contributed by atoms with Crippen LogP contribution in [0.2, 0.25) is 0 Å². The Morgan fingerprint density at radius 1 is 1.12 bits per heavy atom. The molecule has 0 saturated carbocycles. The Balaban J connectivity index is 1.58. The van der Waals surface area contributed by atoms with E-state index in [-0.39, 0.29) is 35.1 Å². The molecule has 1 fully saturated rings. The first kappa shape index (κ1) is 23.6. The van der Waals surface area contributed by atoms with E-state index in [1.54, 1.807) is 4.90 Å². The highest BCUT2D eigenvalue weighted by molar-refractivity contribution is 7.99.